The zero-order chi connectivity index (χ0) is 15.3. The summed E-state index contributed by atoms with van der Waals surface area (Å²) < 4.78 is 4.91. The number of carbonyl (C=O) groups excluding carboxylic acids is 1. The van der Waals surface area contributed by atoms with Crippen LogP contribution in [-0.4, -0.2) is 24.1 Å². The van der Waals surface area contributed by atoms with Gasteiger partial charge in [-0.15, -0.1) is 11.3 Å². The molecule has 1 N–H and O–H groups in total. The lowest BCUT2D eigenvalue weighted by molar-refractivity contribution is -0.142. The molecule has 0 aliphatic carbocycles. The highest BCUT2D eigenvalue weighted by Gasteiger charge is 2.22. The van der Waals surface area contributed by atoms with Gasteiger partial charge in [-0.3, -0.25) is 4.79 Å². The lowest BCUT2D eigenvalue weighted by Gasteiger charge is -2.14. The van der Waals surface area contributed by atoms with E-state index in [0.29, 0.717) is 19.6 Å². The highest BCUT2D eigenvalue weighted by molar-refractivity contribution is 7.12. The van der Waals surface area contributed by atoms with Crippen LogP contribution in [0.3, 0.4) is 0 Å². The first kappa shape index (κ1) is 17.1. The van der Waals surface area contributed by atoms with Crippen LogP contribution in [0.25, 0.3) is 0 Å². The Bertz CT molecular complexity index is 449. The number of nitrogens with zero attached hydrogens (tertiary/aromatic N) is 1. The summed E-state index contributed by atoms with van der Waals surface area (Å²) in [6.45, 7) is 13.6. The van der Waals surface area contributed by atoms with Gasteiger partial charge >= 0.3 is 5.97 Å². The molecular formula is C15H26N2O2S. The van der Waals surface area contributed by atoms with Crippen molar-refractivity contribution in [2.24, 2.45) is 0 Å². The zero-order valence-electron chi connectivity index (χ0n) is 13.4. The summed E-state index contributed by atoms with van der Waals surface area (Å²) >= 11 is 1.75. The molecule has 4 nitrogen and oxygen atoms in total. The van der Waals surface area contributed by atoms with Crippen LogP contribution < -0.4 is 5.32 Å². The summed E-state index contributed by atoms with van der Waals surface area (Å²) in [5.41, 5.74) is 1.16. The Labute approximate surface area is 125 Å². The number of ether oxygens (including phenoxy) is 1. The summed E-state index contributed by atoms with van der Waals surface area (Å²) in [5, 5.41) is 4.52. The van der Waals surface area contributed by atoms with Gasteiger partial charge in [-0.05, 0) is 20.8 Å². The molecule has 114 valence electrons. The Balaban J connectivity index is 2.58. The molecule has 0 amide bonds. The Kier molecular flexibility index (Phi) is 6.14. The van der Waals surface area contributed by atoms with E-state index in [2.05, 4.69) is 38.0 Å². The third-order valence-electron chi connectivity index (χ3n) is 2.95. The number of carbonyl (C=O) groups is 1. The molecule has 20 heavy (non-hydrogen) atoms. The molecule has 0 aliphatic rings. The fourth-order valence-corrected chi connectivity index (χ4v) is 3.00. The number of aryl methyl sites for hydroxylation is 1. The molecule has 1 aromatic rings. The molecule has 0 fully saturated rings. The van der Waals surface area contributed by atoms with Gasteiger partial charge in [0.2, 0.25) is 0 Å². The van der Waals surface area contributed by atoms with E-state index in [1.54, 1.807) is 11.3 Å². The topological polar surface area (TPSA) is 51.2 Å². The molecule has 0 aromatic carbocycles. The quantitative estimate of drug-likeness (QED) is 0.818. The molecule has 0 saturated carbocycles. The van der Waals surface area contributed by atoms with Crippen molar-refractivity contribution >= 4 is 17.3 Å². The predicted octanol–water partition coefficient (Wildman–Crippen LogP) is 3.35. The standard InChI is InChI=1S/C15H26N2O2S/c1-7-19-12(18)8-9-16-10(2)13-11(3)17-14(20-13)15(4,5)6/h10,16H,7-9H2,1-6H3. The largest absolute Gasteiger partial charge is 0.466 e. The molecule has 0 radical (unpaired) electrons. The Hall–Kier alpha value is -0.940. The number of thiazole rings is 1. The van der Waals surface area contributed by atoms with E-state index in [1.807, 2.05) is 13.8 Å². The highest BCUT2D eigenvalue weighted by atomic mass is 32.1. The molecule has 0 aliphatic heterocycles. The molecule has 0 bridgehead atoms. The van der Waals surface area contributed by atoms with Crippen molar-refractivity contribution in [1.82, 2.24) is 10.3 Å². The van der Waals surface area contributed by atoms with E-state index in [1.165, 1.54) is 4.88 Å². The van der Waals surface area contributed by atoms with Crippen molar-refractivity contribution in [1.29, 1.82) is 0 Å². The third-order valence-corrected chi connectivity index (χ3v) is 4.72. The van der Waals surface area contributed by atoms with Crippen LogP contribution in [0.4, 0.5) is 0 Å². The number of aromatic nitrogens is 1. The number of nitrogens with one attached hydrogen (secondary N) is 1. The first-order valence-corrected chi connectivity index (χ1v) is 7.94. The molecule has 1 aromatic heterocycles. The van der Waals surface area contributed by atoms with Crippen LogP contribution in [0, 0.1) is 6.92 Å². The van der Waals surface area contributed by atoms with Crippen molar-refractivity contribution in [3.8, 4) is 0 Å². The summed E-state index contributed by atoms with van der Waals surface area (Å²) in [6, 6.07) is 0.207. The maximum absolute atomic E-state index is 11.3. The molecule has 1 heterocycles. The molecular weight excluding hydrogens is 272 g/mol. The Morgan fingerprint density at radius 1 is 1.45 bits per heavy atom. The van der Waals surface area contributed by atoms with Gasteiger partial charge in [-0.2, -0.15) is 0 Å². The highest BCUT2D eigenvalue weighted by Crippen LogP contribution is 2.32. The van der Waals surface area contributed by atoms with E-state index in [9.17, 15) is 4.79 Å². The summed E-state index contributed by atoms with van der Waals surface area (Å²) in [5.74, 6) is -0.149. The molecule has 1 unspecified atom stereocenters. The van der Waals surface area contributed by atoms with Crippen molar-refractivity contribution in [2.45, 2.75) is 59.4 Å². The van der Waals surface area contributed by atoms with E-state index in [0.717, 1.165) is 10.7 Å². The molecule has 0 saturated heterocycles. The zero-order valence-corrected chi connectivity index (χ0v) is 14.2. The average molecular weight is 298 g/mol. The van der Waals surface area contributed by atoms with Gasteiger partial charge in [0.15, 0.2) is 0 Å². The predicted molar refractivity (Wildman–Crippen MR) is 83.2 cm³/mol. The van der Waals surface area contributed by atoms with Gasteiger partial charge in [-0.25, -0.2) is 4.98 Å². The molecule has 0 spiro atoms. The van der Waals surface area contributed by atoms with Crippen LogP contribution in [0.2, 0.25) is 0 Å². The fraction of sp³-hybridized carbons (Fsp3) is 0.733. The second-order valence-corrected chi connectivity index (χ2v) is 6.98. The second-order valence-electron chi connectivity index (χ2n) is 5.95. The van der Waals surface area contributed by atoms with Gasteiger partial charge in [0.1, 0.15) is 0 Å². The summed E-state index contributed by atoms with van der Waals surface area (Å²) in [7, 11) is 0. The van der Waals surface area contributed by atoms with Gasteiger partial charge in [0.25, 0.3) is 0 Å². The Morgan fingerprint density at radius 3 is 2.60 bits per heavy atom. The van der Waals surface area contributed by atoms with E-state index in [-0.39, 0.29) is 17.4 Å². The number of hydrogen-bond donors (Lipinski definition) is 1. The number of hydrogen-bond acceptors (Lipinski definition) is 5. The number of esters is 1. The third kappa shape index (κ3) is 4.87. The number of rotatable bonds is 6. The minimum atomic E-state index is -0.149. The van der Waals surface area contributed by atoms with E-state index >= 15 is 0 Å². The lowest BCUT2D eigenvalue weighted by Crippen LogP contribution is -2.22. The molecule has 1 atom stereocenters. The van der Waals surface area contributed by atoms with Gasteiger partial charge < -0.3 is 10.1 Å². The second kappa shape index (κ2) is 7.18. The van der Waals surface area contributed by atoms with Crippen molar-refractivity contribution < 1.29 is 9.53 Å². The van der Waals surface area contributed by atoms with Crippen LogP contribution in [0.15, 0.2) is 0 Å². The SMILES string of the molecule is CCOC(=O)CCNC(C)c1sc(C(C)(C)C)nc1C. The van der Waals surface area contributed by atoms with Gasteiger partial charge in [0.05, 0.1) is 23.7 Å². The van der Waals surface area contributed by atoms with Crippen molar-refractivity contribution in [3.05, 3.63) is 15.6 Å². The van der Waals surface area contributed by atoms with Crippen molar-refractivity contribution in [3.63, 3.8) is 0 Å². The minimum absolute atomic E-state index is 0.0817. The average Bonchev–Trinajstić information content (AvgIpc) is 2.71. The van der Waals surface area contributed by atoms with Gasteiger partial charge in [0, 0.05) is 22.9 Å². The molecule has 1 rings (SSSR count). The van der Waals surface area contributed by atoms with Crippen LogP contribution in [0.5, 0.6) is 0 Å². The van der Waals surface area contributed by atoms with Crippen LogP contribution in [-0.2, 0) is 14.9 Å². The first-order chi connectivity index (χ1) is 9.25. The maximum atomic E-state index is 11.3. The van der Waals surface area contributed by atoms with Crippen LogP contribution in [0.1, 0.15) is 62.7 Å². The summed E-state index contributed by atoms with van der Waals surface area (Å²) in [6.07, 6.45) is 0.405. The smallest absolute Gasteiger partial charge is 0.307 e. The van der Waals surface area contributed by atoms with Crippen LogP contribution >= 0.6 is 11.3 Å². The first-order valence-electron chi connectivity index (χ1n) is 7.12. The fourth-order valence-electron chi connectivity index (χ4n) is 1.85. The maximum Gasteiger partial charge on any atom is 0.307 e. The van der Waals surface area contributed by atoms with Crippen molar-refractivity contribution in [2.75, 3.05) is 13.2 Å². The monoisotopic (exact) mass is 298 g/mol. The van der Waals surface area contributed by atoms with Gasteiger partial charge in [-0.1, -0.05) is 20.8 Å². The lowest BCUT2D eigenvalue weighted by atomic mass is 9.98. The Morgan fingerprint density at radius 2 is 2.10 bits per heavy atom. The minimum Gasteiger partial charge on any atom is -0.466 e. The molecule has 5 heteroatoms. The normalized spacial score (nSPS) is 13.3. The van der Waals surface area contributed by atoms with E-state index in [4.69, 9.17) is 4.74 Å². The van der Waals surface area contributed by atoms with E-state index < -0.39 is 0 Å². The summed E-state index contributed by atoms with van der Waals surface area (Å²) in [4.78, 5) is 17.2.